The fourth-order valence-corrected chi connectivity index (χ4v) is 2.77. The lowest BCUT2D eigenvalue weighted by atomic mass is 9.89. The Morgan fingerprint density at radius 1 is 1.38 bits per heavy atom. The van der Waals surface area contributed by atoms with Crippen molar-refractivity contribution in [3.63, 3.8) is 0 Å². The molecule has 0 aromatic carbocycles. The molecule has 2 atom stereocenters. The lowest BCUT2D eigenvalue weighted by Gasteiger charge is -2.29. The van der Waals surface area contributed by atoms with Gasteiger partial charge in [-0.3, -0.25) is 0 Å². The van der Waals surface area contributed by atoms with Crippen molar-refractivity contribution >= 4 is 11.8 Å². The van der Waals surface area contributed by atoms with Gasteiger partial charge in [0.25, 0.3) is 0 Å². The van der Waals surface area contributed by atoms with Crippen LogP contribution in [0.1, 0.15) is 45.6 Å². The van der Waals surface area contributed by atoms with Crippen LogP contribution in [-0.4, -0.2) is 41.4 Å². The van der Waals surface area contributed by atoms with Gasteiger partial charge in [-0.1, -0.05) is 26.3 Å². The summed E-state index contributed by atoms with van der Waals surface area (Å²) >= 11 is 0. The van der Waals surface area contributed by atoms with E-state index in [1.54, 1.807) is 6.92 Å². The molecule has 1 aromatic heterocycles. The molecule has 2 heterocycles. The maximum Gasteiger partial charge on any atom is 0.315 e. The van der Waals surface area contributed by atoms with Crippen LogP contribution >= 0.6 is 0 Å². The molecule has 0 radical (unpaired) electrons. The van der Waals surface area contributed by atoms with E-state index in [0.29, 0.717) is 6.54 Å². The summed E-state index contributed by atoms with van der Waals surface area (Å²) in [5.41, 5.74) is 0.0622. The molecular weight excluding hydrogens is 304 g/mol. The van der Waals surface area contributed by atoms with Gasteiger partial charge in [0.05, 0.1) is 5.60 Å². The molecule has 0 bridgehead atoms. The Hall–Kier alpha value is -1.82. The fraction of sp³-hybridized carbons (Fsp3) is 0.667. The maximum atomic E-state index is 11.9. The number of hydrogen-bond donors (Lipinski definition) is 3. The van der Waals surface area contributed by atoms with E-state index in [-0.39, 0.29) is 18.5 Å². The standard InChI is InChI=1S/C18H30N4O2/c1-4-14(2)18(3,24)13-21-17(23)20-12-15-7-8-16(19-11-15)22-9-5-6-10-22/h7-8,11,14,24H,4-6,9-10,12-13H2,1-3H3,(H2,20,21,23). The highest BCUT2D eigenvalue weighted by Crippen LogP contribution is 2.19. The molecule has 6 heteroatoms. The highest BCUT2D eigenvalue weighted by Gasteiger charge is 2.27. The summed E-state index contributed by atoms with van der Waals surface area (Å²) in [7, 11) is 0. The van der Waals surface area contributed by atoms with E-state index in [1.807, 2.05) is 32.2 Å². The van der Waals surface area contributed by atoms with Crippen molar-refractivity contribution < 1.29 is 9.90 Å². The summed E-state index contributed by atoms with van der Waals surface area (Å²) in [6.07, 6.45) is 5.13. The lowest BCUT2D eigenvalue weighted by Crippen LogP contribution is -2.47. The molecule has 1 aromatic rings. The third-order valence-electron chi connectivity index (χ3n) is 4.97. The molecule has 1 fully saturated rings. The van der Waals surface area contributed by atoms with Gasteiger partial charge >= 0.3 is 6.03 Å². The number of carbonyl (C=O) groups is 1. The van der Waals surface area contributed by atoms with Crippen LogP contribution in [0.25, 0.3) is 0 Å². The van der Waals surface area contributed by atoms with Crippen LogP contribution in [0.15, 0.2) is 18.3 Å². The van der Waals surface area contributed by atoms with Gasteiger partial charge in [-0.2, -0.15) is 0 Å². The summed E-state index contributed by atoms with van der Waals surface area (Å²) in [6.45, 7) is 8.56. The van der Waals surface area contributed by atoms with Gasteiger partial charge in [0.15, 0.2) is 0 Å². The second kappa shape index (κ2) is 8.33. The van der Waals surface area contributed by atoms with Crippen molar-refractivity contribution in [3.05, 3.63) is 23.9 Å². The van der Waals surface area contributed by atoms with Crippen molar-refractivity contribution in [2.24, 2.45) is 5.92 Å². The largest absolute Gasteiger partial charge is 0.388 e. The number of amides is 2. The maximum absolute atomic E-state index is 11.9. The van der Waals surface area contributed by atoms with Crippen LogP contribution in [0, 0.1) is 5.92 Å². The van der Waals surface area contributed by atoms with E-state index in [1.165, 1.54) is 12.8 Å². The predicted molar refractivity (Wildman–Crippen MR) is 96.0 cm³/mol. The zero-order valence-corrected chi connectivity index (χ0v) is 15.0. The Kier molecular flexibility index (Phi) is 6.43. The summed E-state index contributed by atoms with van der Waals surface area (Å²) in [5, 5.41) is 15.8. The summed E-state index contributed by atoms with van der Waals surface area (Å²) in [5.74, 6) is 1.13. The van der Waals surface area contributed by atoms with Crippen molar-refractivity contribution in [3.8, 4) is 0 Å². The Morgan fingerprint density at radius 3 is 2.67 bits per heavy atom. The monoisotopic (exact) mass is 334 g/mol. The zero-order chi connectivity index (χ0) is 17.6. The number of hydrogen-bond acceptors (Lipinski definition) is 4. The molecule has 6 nitrogen and oxygen atoms in total. The van der Waals surface area contributed by atoms with Crippen molar-refractivity contribution in [1.82, 2.24) is 15.6 Å². The number of carbonyl (C=O) groups excluding carboxylic acids is 1. The van der Waals surface area contributed by atoms with E-state index < -0.39 is 5.60 Å². The number of anilines is 1. The number of pyridine rings is 1. The van der Waals surface area contributed by atoms with Gasteiger partial charge in [-0.05, 0) is 37.3 Å². The number of aliphatic hydroxyl groups is 1. The first-order valence-corrected chi connectivity index (χ1v) is 8.86. The molecule has 1 aliphatic rings. The van der Waals surface area contributed by atoms with E-state index >= 15 is 0 Å². The van der Waals surface area contributed by atoms with E-state index in [4.69, 9.17) is 0 Å². The Labute approximate surface area is 144 Å². The molecule has 0 saturated carbocycles. The van der Waals surface area contributed by atoms with Gasteiger partial charge in [0.2, 0.25) is 0 Å². The zero-order valence-electron chi connectivity index (χ0n) is 15.0. The fourth-order valence-electron chi connectivity index (χ4n) is 2.77. The number of rotatable bonds is 7. The Bertz CT molecular complexity index is 524. The Morgan fingerprint density at radius 2 is 2.08 bits per heavy atom. The van der Waals surface area contributed by atoms with Crippen LogP contribution in [0.2, 0.25) is 0 Å². The molecular formula is C18H30N4O2. The summed E-state index contributed by atoms with van der Waals surface area (Å²) < 4.78 is 0. The van der Waals surface area contributed by atoms with Crippen LogP contribution in [-0.2, 0) is 6.54 Å². The van der Waals surface area contributed by atoms with Crippen LogP contribution < -0.4 is 15.5 Å². The van der Waals surface area contributed by atoms with Crippen LogP contribution in [0.3, 0.4) is 0 Å². The molecule has 1 aliphatic heterocycles. The minimum absolute atomic E-state index is 0.125. The van der Waals surface area contributed by atoms with E-state index in [0.717, 1.165) is 30.9 Å². The molecule has 1 saturated heterocycles. The SMILES string of the molecule is CCC(C)C(C)(O)CNC(=O)NCc1ccc(N2CCCC2)nc1. The molecule has 3 N–H and O–H groups in total. The van der Waals surface area contributed by atoms with Gasteiger partial charge in [-0.25, -0.2) is 9.78 Å². The number of aromatic nitrogens is 1. The first-order chi connectivity index (χ1) is 11.4. The topological polar surface area (TPSA) is 77.5 Å². The van der Waals surface area contributed by atoms with Gasteiger partial charge < -0.3 is 20.6 Å². The first-order valence-electron chi connectivity index (χ1n) is 8.86. The number of nitrogens with zero attached hydrogens (tertiary/aromatic N) is 2. The number of nitrogens with one attached hydrogen (secondary N) is 2. The van der Waals surface area contributed by atoms with Crippen LogP contribution in [0.5, 0.6) is 0 Å². The van der Waals surface area contributed by atoms with Gasteiger partial charge in [-0.15, -0.1) is 0 Å². The minimum atomic E-state index is -0.898. The number of urea groups is 1. The quantitative estimate of drug-likeness (QED) is 0.715. The average Bonchev–Trinajstić information content (AvgIpc) is 3.12. The molecule has 24 heavy (non-hydrogen) atoms. The summed E-state index contributed by atoms with van der Waals surface area (Å²) in [6, 6.07) is 3.73. The lowest BCUT2D eigenvalue weighted by molar-refractivity contribution is 0.00790. The average molecular weight is 334 g/mol. The second-order valence-electron chi connectivity index (χ2n) is 6.92. The van der Waals surface area contributed by atoms with E-state index in [2.05, 4.69) is 20.5 Å². The molecule has 134 valence electrons. The second-order valence-corrected chi connectivity index (χ2v) is 6.92. The molecule has 0 spiro atoms. The third kappa shape index (κ3) is 5.09. The highest BCUT2D eigenvalue weighted by atomic mass is 16.3. The first kappa shape index (κ1) is 18.5. The third-order valence-corrected chi connectivity index (χ3v) is 4.97. The van der Waals surface area contributed by atoms with Crippen molar-refractivity contribution in [1.29, 1.82) is 0 Å². The Balaban J connectivity index is 1.75. The van der Waals surface area contributed by atoms with Crippen molar-refractivity contribution in [2.45, 2.75) is 52.2 Å². The predicted octanol–water partition coefficient (Wildman–Crippen LogP) is 2.28. The summed E-state index contributed by atoms with van der Waals surface area (Å²) in [4.78, 5) is 18.6. The molecule has 0 aliphatic carbocycles. The normalized spacial score (nSPS) is 18.1. The van der Waals surface area contributed by atoms with Gasteiger partial charge in [0.1, 0.15) is 5.82 Å². The van der Waals surface area contributed by atoms with E-state index in [9.17, 15) is 9.90 Å². The van der Waals surface area contributed by atoms with Gasteiger partial charge in [0, 0.05) is 32.4 Å². The van der Waals surface area contributed by atoms with Crippen LogP contribution in [0.4, 0.5) is 10.6 Å². The minimum Gasteiger partial charge on any atom is -0.388 e. The van der Waals surface area contributed by atoms with Crippen molar-refractivity contribution in [2.75, 3.05) is 24.5 Å². The highest BCUT2D eigenvalue weighted by molar-refractivity contribution is 5.73. The smallest absolute Gasteiger partial charge is 0.315 e. The molecule has 2 rings (SSSR count). The molecule has 2 amide bonds. The molecule has 2 unspecified atom stereocenters.